The number of hydrogen-bond donors (Lipinski definition) is 4. The molecule has 0 radical (unpaired) electrons. The number of carboxylic acids is 1. The lowest BCUT2D eigenvalue weighted by Crippen LogP contribution is -2.41. The summed E-state index contributed by atoms with van der Waals surface area (Å²) in [6.07, 6.45) is 0.850. The molecular weight excluding hydrogens is 248 g/mol. The topological polar surface area (TPSA) is 98.7 Å². The van der Waals surface area contributed by atoms with Crippen LogP contribution in [-0.2, 0) is 11.2 Å². The van der Waals surface area contributed by atoms with Crippen molar-refractivity contribution in [2.24, 2.45) is 0 Å². The number of aliphatic hydroxyl groups excluding tert-OH is 1. The zero-order valence-electron chi connectivity index (χ0n) is 10.3. The van der Waals surface area contributed by atoms with Crippen molar-refractivity contribution in [2.45, 2.75) is 18.9 Å². The number of carboxylic acid groups (broad SMARTS) is 1. The summed E-state index contributed by atoms with van der Waals surface area (Å²) in [6.45, 7) is 0.564. The first-order chi connectivity index (χ1) is 9.11. The molecule has 6 nitrogen and oxygen atoms in total. The van der Waals surface area contributed by atoms with Crippen molar-refractivity contribution in [3.63, 3.8) is 0 Å². The Bertz CT molecular complexity index is 501. The summed E-state index contributed by atoms with van der Waals surface area (Å²) in [5, 5.41) is 23.3. The van der Waals surface area contributed by atoms with E-state index in [4.69, 9.17) is 10.2 Å². The van der Waals surface area contributed by atoms with Crippen LogP contribution in [0, 0.1) is 0 Å². The molecule has 1 aliphatic heterocycles. The lowest BCUT2D eigenvalue weighted by Gasteiger charge is -2.13. The van der Waals surface area contributed by atoms with Crippen LogP contribution in [0.4, 0.5) is 5.69 Å². The van der Waals surface area contributed by atoms with Gasteiger partial charge in [-0.3, -0.25) is 4.79 Å². The van der Waals surface area contributed by atoms with Crippen LogP contribution in [0.5, 0.6) is 0 Å². The summed E-state index contributed by atoms with van der Waals surface area (Å²) in [5.41, 5.74) is 2.51. The maximum absolute atomic E-state index is 12.0. The number of aliphatic carboxylic acids is 1. The zero-order chi connectivity index (χ0) is 13.8. The van der Waals surface area contributed by atoms with Gasteiger partial charge in [-0.15, -0.1) is 0 Å². The molecule has 1 amide bonds. The Balaban J connectivity index is 2.09. The monoisotopic (exact) mass is 264 g/mol. The quantitative estimate of drug-likeness (QED) is 0.610. The number of carbonyl (C=O) groups excluding carboxylic acids is 1. The fraction of sp³-hybridized carbons (Fsp3) is 0.385. The number of benzene rings is 1. The number of carbonyl (C=O) groups is 2. The van der Waals surface area contributed by atoms with Gasteiger partial charge in [0, 0.05) is 30.8 Å². The largest absolute Gasteiger partial charge is 0.480 e. The van der Waals surface area contributed by atoms with E-state index in [9.17, 15) is 9.59 Å². The number of aliphatic hydroxyl groups is 1. The summed E-state index contributed by atoms with van der Waals surface area (Å²) >= 11 is 0. The summed E-state index contributed by atoms with van der Waals surface area (Å²) < 4.78 is 0. The first-order valence-electron chi connectivity index (χ1n) is 6.13. The highest BCUT2D eigenvalue weighted by molar-refractivity contribution is 5.97. The average Bonchev–Trinajstić information content (AvgIpc) is 2.85. The minimum absolute atomic E-state index is 0.00638. The van der Waals surface area contributed by atoms with Gasteiger partial charge in [0.25, 0.3) is 5.91 Å². The maximum Gasteiger partial charge on any atom is 0.326 e. The molecule has 0 saturated carbocycles. The molecule has 2 rings (SSSR count). The van der Waals surface area contributed by atoms with E-state index in [1.165, 1.54) is 0 Å². The Labute approximate surface area is 110 Å². The van der Waals surface area contributed by atoms with Crippen molar-refractivity contribution in [3.05, 3.63) is 29.3 Å². The van der Waals surface area contributed by atoms with Crippen LogP contribution in [0.2, 0.25) is 0 Å². The molecule has 0 spiro atoms. The van der Waals surface area contributed by atoms with E-state index >= 15 is 0 Å². The first-order valence-corrected chi connectivity index (χ1v) is 6.13. The Morgan fingerprint density at radius 2 is 2.21 bits per heavy atom. The Morgan fingerprint density at radius 3 is 2.89 bits per heavy atom. The highest BCUT2D eigenvalue weighted by atomic mass is 16.4. The van der Waals surface area contributed by atoms with Gasteiger partial charge in [-0.1, -0.05) is 0 Å². The second-order valence-electron chi connectivity index (χ2n) is 4.43. The SMILES string of the molecule is O=C(NC(CCO)C(=O)O)c1ccc2c(c1)CCN2. The van der Waals surface area contributed by atoms with E-state index in [1.807, 2.05) is 6.07 Å². The van der Waals surface area contributed by atoms with Gasteiger partial charge >= 0.3 is 5.97 Å². The van der Waals surface area contributed by atoms with Gasteiger partial charge in [0.2, 0.25) is 0 Å². The average molecular weight is 264 g/mol. The van der Waals surface area contributed by atoms with Gasteiger partial charge in [0.1, 0.15) is 6.04 Å². The maximum atomic E-state index is 12.0. The molecule has 1 aromatic rings. The third-order valence-electron chi connectivity index (χ3n) is 3.10. The van der Waals surface area contributed by atoms with E-state index in [1.54, 1.807) is 12.1 Å². The van der Waals surface area contributed by atoms with Crippen LogP contribution in [0.15, 0.2) is 18.2 Å². The van der Waals surface area contributed by atoms with Crippen molar-refractivity contribution in [1.29, 1.82) is 0 Å². The van der Waals surface area contributed by atoms with E-state index < -0.39 is 17.9 Å². The molecule has 1 aromatic carbocycles. The standard InChI is InChI=1S/C13H16N2O4/c16-6-4-11(13(18)19)15-12(17)9-1-2-10-8(7-9)3-5-14-10/h1-2,7,11,14,16H,3-6H2,(H,15,17)(H,18,19). The van der Waals surface area contributed by atoms with Crippen LogP contribution in [-0.4, -0.2) is 41.3 Å². The predicted octanol–water partition coefficient (Wildman–Crippen LogP) is 0.220. The molecule has 0 saturated heterocycles. The van der Waals surface area contributed by atoms with Crippen molar-refractivity contribution < 1.29 is 19.8 Å². The van der Waals surface area contributed by atoms with Gasteiger partial charge in [-0.2, -0.15) is 0 Å². The molecule has 1 aliphatic rings. The Hall–Kier alpha value is -2.08. The van der Waals surface area contributed by atoms with Crippen molar-refractivity contribution in [1.82, 2.24) is 5.32 Å². The summed E-state index contributed by atoms with van der Waals surface area (Å²) in [4.78, 5) is 22.9. The third kappa shape index (κ3) is 3.03. The fourth-order valence-electron chi connectivity index (χ4n) is 2.07. The number of hydrogen-bond acceptors (Lipinski definition) is 4. The molecule has 19 heavy (non-hydrogen) atoms. The number of anilines is 1. The lowest BCUT2D eigenvalue weighted by molar-refractivity contribution is -0.139. The number of nitrogens with one attached hydrogen (secondary N) is 2. The van der Waals surface area contributed by atoms with Gasteiger partial charge in [0.15, 0.2) is 0 Å². The van der Waals surface area contributed by atoms with Gasteiger partial charge in [-0.05, 0) is 30.2 Å². The smallest absolute Gasteiger partial charge is 0.326 e. The Kier molecular flexibility index (Phi) is 4.01. The third-order valence-corrected chi connectivity index (χ3v) is 3.10. The van der Waals surface area contributed by atoms with Crippen LogP contribution in [0.3, 0.4) is 0 Å². The van der Waals surface area contributed by atoms with Crippen LogP contribution >= 0.6 is 0 Å². The van der Waals surface area contributed by atoms with Crippen LogP contribution < -0.4 is 10.6 Å². The normalized spacial score (nSPS) is 14.4. The summed E-state index contributed by atoms with van der Waals surface area (Å²) in [7, 11) is 0. The fourth-order valence-corrected chi connectivity index (χ4v) is 2.07. The summed E-state index contributed by atoms with van der Waals surface area (Å²) in [5.74, 6) is -1.58. The van der Waals surface area contributed by atoms with Gasteiger partial charge < -0.3 is 20.8 Å². The molecule has 1 unspecified atom stereocenters. The second-order valence-corrected chi connectivity index (χ2v) is 4.43. The minimum atomic E-state index is -1.15. The lowest BCUT2D eigenvalue weighted by atomic mass is 10.1. The molecular formula is C13H16N2O4. The predicted molar refractivity (Wildman–Crippen MR) is 69.2 cm³/mol. The van der Waals surface area contributed by atoms with Crippen LogP contribution in [0.1, 0.15) is 22.3 Å². The summed E-state index contributed by atoms with van der Waals surface area (Å²) in [6, 6.07) is 4.18. The molecule has 0 fully saturated rings. The van der Waals surface area contributed by atoms with Crippen molar-refractivity contribution in [3.8, 4) is 0 Å². The van der Waals surface area contributed by atoms with Crippen molar-refractivity contribution in [2.75, 3.05) is 18.5 Å². The number of fused-ring (bicyclic) bond motifs is 1. The molecule has 1 atom stereocenters. The molecule has 102 valence electrons. The van der Waals surface area contributed by atoms with Gasteiger partial charge in [-0.25, -0.2) is 4.79 Å². The van der Waals surface area contributed by atoms with Gasteiger partial charge in [0.05, 0.1) is 0 Å². The molecule has 1 heterocycles. The zero-order valence-corrected chi connectivity index (χ0v) is 10.3. The first kappa shape index (κ1) is 13.4. The molecule has 0 bridgehead atoms. The molecule has 0 aliphatic carbocycles. The Morgan fingerprint density at radius 1 is 1.42 bits per heavy atom. The van der Waals surface area contributed by atoms with E-state index in [2.05, 4.69) is 10.6 Å². The molecule has 0 aromatic heterocycles. The number of amides is 1. The van der Waals surface area contributed by atoms with E-state index in [0.29, 0.717) is 5.56 Å². The van der Waals surface area contributed by atoms with Crippen molar-refractivity contribution >= 4 is 17.6 Å². The highest BCUT2D eigenvalue weighted by Gasteiger charge is 2.21. The molecule has 6 heteroatoms. The van der Waals surface area contributed by atoms with E-state index in [-0.39, 0.29) is 13.0 Å². The van der Waals surface area contributed by atoms with Crippen LogP contribution in [0.25, 0.3) is 0 Å². The van der Waals surface area contributed by atoms with E-state index in [0.717, 1.165) is 24.2 Å². The molecule has 4 N–H and O–H groups in total. The number of rotatable bonds is 5. The second kappa shape index (κ2) is 5.71. The minimum Gasteiger partial charge on any atom is -0.480 e. The highest BCUT2D eigenvalue weighted by Crippen LogP contribution is 2.22.